The van der Waals surface area contributed by atoms with Crippen molar-refractivity contribution in [3.8, 4) is 0 Å². The van der Waals surface area contributed by atoms with E-state index in [-0.39, 0.29) is 0 Å². The van der Waals surface area contributed by atoms with Crippen molar-refractivity contribution in [1.29, 1.82) is 0 Å². The fraction of sp³-hybridized carbons (Fsp3) is 0.381. The van der Waals surface area contributed by atoms with Crippen molar-refractivity contribution in [3.05, 3.63) is 71.3 Å². The zero-order valence-corrected chi connectivity index (χ0v) is 13.9. The fourth-order valence-electron chi connectivity index (χ4n) is 3.39. The maximum atomic E-state index is 12.4. The van der Waals surface area contributed by atoms with Crippen molar-refractivity contribution < 1.29 is 4.79 Å². The third-order valence-corrected chi connectivity index (χ3v) is 4.77. The lowest BCUT2D eigenvalue weighted by atomic mass is 9.89. The summed E-state index contributed by atoms with van der Waals surface area (Å²) in [4.78, 5) is 14.9. The number of hydrogen-bond acceptors (Lipinski definition) is 2. The Morgan fingerprint density at radius 2 is 1.78 bits per heavy atom. The van der Waals surface area contributed by atoms with Crippen molar-refractivity contribution >= 4 is 5.78 Å². The maximum Gasteiger partial charge on any atom is 0.163 e. The number of piperidine rings is 1. The Balaban J connectivity index is 1.48. The first-order valence-corrected chi connectivity index (χ1v) is 8.57. The molecular formula is C21H25NO. The summed E-state index contributed by atoms with van der Waals surface area (Å²) < 4.78 is 0. The summed E-state index contributed by atoms with van der Waals surface area (Å²) in [6, 6.07) is 18.6. The molecule has 0 unspecified atom stereocenters. The summed E-state index contributed by atoms with van der Waals surface area (Å²) in [7, 11) is 0. The number of rotatable bonds is 5. The van der Waals surface area contributed by atoms with Gasteiger partial charge >= 0.3 is 0 Å². The normalized spacial score (nSPS) is 16.4. The number of carbonyl (C=O) groups is 1. The average molecular weight is 307 g/mol. The molecule has 1 fully saturated rings. The van der Waals surface area contributed by atoms with E-state index in [0.29, 0.717) is 18.1 Å². The number of aryl methyl sites for hydroxylation is 1. The average Bonchev–Trinajstić information content (AvgIpc) is 2.57. The molecule has 0 N–H and O–H groups in total. The second-order valence-electron chi connectivity index (χ2n) is 6.70. The van der Waals surface area contributed by atoms with Crippen molar-refractivity contribution in [1.82, 2.24) is 4.90 Å². The fourth-order valence-corrected chi connectivity index (χ4v) is 3.39. The number of likely N-dealkylation sites (tertiary alicyclic amines) is 1. The van der Waals surface area contributed by atoms with E-state index in [4.69, 9.17) is 0 Å². The minimum atomic E-state index is 0.301. The summed E-state index contributed by atoms with van der Waals surface area (Å²) in [6.07, 6.45) is 2.96. The molecule has 2 aromatic rings. The van der Waals surface area contributed by atoms with E-state index >= 15 is 0 Å². The molecule has 2 nitrogen and oxygen atoms in total. The van der Waals surface area contributed by atoms with Crippen LogP contribution < -0.4 is 0 Å². The molecule has 0 aromatic heterocycles. The maximum absolute atomic E-state index is 12.4. The molecule has 0 aliphatic carbocycles. The van der Waals surface area contributed by atoms with Gasteiger partial charge in [0.1, 0.15) is 0 Å². The van der Waals surface area contributed by atoms with Gasteiger partial charge in [0.05, 0.1) is 0 Å². The SMILES string of the molecule is Cc1cccc(C(=O)CC2CCN(Cc3ccccc3)CC2)c1. The molecule has 1 heterocycles. The Labute approximate surface area is 139 Å². The lowest BCUT2D eigenvalue weighted by Crippen LogP contribution is -2.33. The van der Waals surface area contributed by atoms with Gasteiger partial charge in [0.2, 0.25) is 0 Å². The molecule has 3 rings (SSSR count). The highest BCUT2D eigenvalue weighted by Gasteiger charge is 2.22. The quantitative estimate of drug-likeness (QED) is 0.759. The molecule has 0 bridgehead atoms. The molecule has 120 valence electrons. The van der Waals surface area contributed by atoms with Gasteiger partial charge in [-0.3, -0.25) is 9.69 Å². The van der Waals surface area contributed by atoms with E-state index < -0.39 is 0 Å². The molecule has 2 heteroatoms. The van der Waals surface area contributed by atoms with Crippen LogP contribution in [0.3, 0.4) is 0 Å². The highest BCUT2D eigenvalue weighted by Crippen LogP contribution is 2.23. The second kappa shape index (κ2) is 7.56. The van der Waals surface area contributed by atoms with Crippen molar-refractivity contribution in [3.63, 3.8) is 0 Å². The minimum absolute atomic E-state index is 0.301. The second-order valence-corrected chi connectivity index (χ2v) is 6.70. The molecule has 23 heavy (non-hydrogen) atoms. The highest BCUT2D eigenvalue weighted by atomic mass is 16.1. The standard InChI is InChI=1S/C21H25NO/c1-17-6-5-9-20(14-17)21(23)15-18-10-12-22(13-11-18)16-19-7-3-2-4-8-19/h2-9,14,18H,10-13,15-16H2,1H3. The van der Waals surface area contributed by atoms with Gasteiger partial charge in [-0.25, -0.2) is 0 Å². The molecule has 0 spiro atoms. The van der Waals surface area contributed by atoms with Crippen LogP contribution >= 0.6 is 0 Å². The van der Waals surface area contributed by atoms with E-state index in [9.17, 15) is 4.79 Å². The number of hydrogen-bond donors (Lipinski definition) is 0. The van der Waals surface area contributed by atoms with Crippen LogP contribution in [0.25, 0.3) is 0 Å². The molecule has 0 amide bonds. The molecular weight excluding hydrogens is 282 g/mol. The zero-order valence-electron chi connectivity index (χ0n) is 13.9. The van der Waals surface area contributed by atoms with Gasteiger partial charge in [0, 0.05) is 18.5 Å². The third kappa shape index (κ3) is 4.52. The van der Waals surface area contributed by atoms with Crippen molar-refractivity contribution in [2.75, 3.05) is 13.1 Å². The van der Waals surface area contributed by atoms with E-state index in [1.54, 1.807) is 0 Å². The molecule has 1 aliphatic rings. The van der Waals surface area contributed by atoms with E-state index in [1.807, 2.05) is 31.2 Å². The van der Waals surface area contributed by atoms with Crippen LogP contribution in [0, 0.1) is 12.8 Å². The molecule has 1 aliphatic heterocycles. The van der Waals surface area contributed by atoms with E-state index in [2.05, 4.69) is 35.2 Å². The lowest BCUT2D eigenvalue weighted by Gasteiger charge is -2.31. The summed E-state index contributed by atoms with van der Waals surface area (Å²) >= 11 is 0. The van der Waals surface area contributed by atoms with Crippen molar-refractivity contribution in [2.24, 2.45) is 5.92 Å². The third-order valence-electron chi connectivity index (χ3n) is 4.77. The summed E-state index contributed by atoms with van der Waals surface area (Å²) in [5.41, 5.74) is 3.41. The highest BCUT2D eigenvalue weighted by molar-refractivity contribution is 5.96. The first kappa shape index (κ1) is 15.9. The van der Waals surface area contributed by atoms with Gasteiger partial charge in [-0.15, -0.1) is 0 Å². The molecule has 0 atom stereocenters. The van der Waals surface area contributed by atoms with Crippen LogP contribution in [0.2, 0.25) is 0 Å². The van der Waals surface area contributed by atoms with Gasteiger partial charge in [0.15, 0.2) is 5.78 Å². The number of ketones is 1. The first-order valence-electron chi connectivity index (χ1n) is 8.57. The van der Waals surface area contributed by atoms with Gasteiger partial charge in [0.25, 0.3) is 0 Å². The van der Waals surface area contributed by atoms with E-state index in [0.717, 1.165) is 43.6 Å². The summed E-state index contributed by atoms with van der Waals surface area (Å²) in [6.45, 7) is 5.26. The Hall–Kier alpha value is -1.93. The number of benzene rings is 2. The van der Waals surface area contributed by atoms with E-state index in [1.165, 1.54) is 5.56 Å². The zero-order chi connectivity index (χ0) is 16.1. The molecule has 1 saturated heterocycles. The van der Waals surface area contributed by atoms with Crippen LogP contribution in [0.5, 0.6) is 0 Å². The summed E-state index contributed by atoms with van der Waals surface area (Å²) in [5.74, 6) is 0.838. The van der Waals surface area contributed by atoms with Gasteiger partial charge in [-0.1, -0.05) is 54.1 Å². The molecule has 2 aromatic carbocycles. The van der Waals surface area contributed by atoms with Crippen LogP contribution in [-0.2, 0) is 6.54 Å². The first-order chi connectivity index (χ1) is 11.2. The van der Waals surface area contributed by atoms with Crippen LogP contribution in [0.1, 0.15) is 40.7 Å². The van der Waals surface area contributed by atoms with Crippen LogP contribution in [0.15, 0.2) is 54.6 Å². The topological polar surface area (TPSA) is 20.3 Å². The predicted octanol–water partition coefficient (Wildman–Crippen LogP) is 4.48. The molecule has 0 saturated carbocycles. The predicted molar refractivity (Wildman–Crippen MR) is 94.6 cm³/mol. The Kier molecular flexibility index (Phi) is 5.24. The minimum Gasteiger partial charge on any atom is -0.299 e. The number of Topliss-reactive ketones (excluding diaryl/α,β-unsaturated/α-hetero) is 1. The van der Waals surface area contributed by atoms with Crippen molar-refractivity contribution in [2.45, 2.75) is 32.7 Å². The monoisotopic (exact) mass is 307 g/mol. The Morgan fingerprint density at radius 1 is 1.04 bits per heavy atom. The van der Waals surface area contributed by atoms with Gasteiger partial charge in [-0.2, -0.15) is 0 Å². The largest absolute Gasteiger partial charge is 0.299 e. The lowest BCUT2D eigenvalue weighted by molar-refractivity contribution is 0.0925. The Bertz CT molecular complexity index is 642. The van der Waals surface area contributed by atoms with Crippen LogP contribution in [0.4, 0.5) is 0 Å². The van der Waals surface area contributed by atoms with Gasteiger partial charge < -0.3 is 0 Å². The summed E-state index contributed by atoms with van der Waals surface area (Å²) in [5, 5.41) is 0. The van der Waals surface area contributed by atoms with Crippen LogP contribution in [-0.4, -0.2) is 23.8 Å². The molecule has 0 radical (unpaired) electrons. The number of carbonyl (C=O) groups excluding carboxylic acids is 1. The number of nitrogens with zero attached hydrogens (tertiary/aromatic N) is 1. The smallest absolute Gasteiger partial charge is 0.163 e. The van der Waals surface area contributed by atoms with Gasteiger partial charge in [-0.05, 0) is 50.4 Å². The Morgan fingerprint density at radius 3 is 2.48 bits per heavy atom.